The van der Waals surface area contributed by atoms with Crippen molar-refractivity contribution in [2.45, 2.75) is 32.4 Å². The van der Waals surface area contributed by atoms with Gasteiger partial charge in [0.05, 0.1) is 11.5 Å². The molecule has 0 aromatic heterocycles. The van der Waals surface area contributed by atoms with Gasteiger partial charge in [0.25, 0.3) is 0 Å². The summed E-state index contributed by atoms with van der Waals surface area (Å²) in [6, 6.07) is 10.2. The van der Waals surface area contributed by atoms with Gasteiger partial charge in [0.1, 0.15) is 5.78 Å². The lowest BCUT2D eigenvalue weighted by Gasteiger charge is -2.37. The first-order valence-electron chi connectivity index (χ1n) is 6.48. The third-order valence-corrected chi connectivity index (χ3v) is 3.61. The normalized spacial score (nSPS) is 22.2. The van der Waals surface area contributed by atoms with E-state index in [1.807, 2.05) is 18.2 Å². The van der Waals surface area contributed by atoms with Crippen LogP contribution in [0.15, 0.2) is 30.3 Å². The number of aliphatic hydroxyl groups is 1. The Bertz CT molecular complexity index is 408. The zero-order valence-electron chi connectivity index (χ0n) is 11.1. The number of likely N-dealkylation sites (tertiary alicyclic amines) is 1. The van der Waals surface area contributed by atoms with E-state index in [-0.39, 0.29) is 11.7 Å². The summed E-state index contributed by atoms with van der Waals surface area (Å²) in [6.45, 7) is 5.74. The van der Waals surface area contributed by atoms with E-state index >= 15 is 0 Å². The molecule has 1 heterocycles. The fourth-order valence-electron chi connectivity index (χ4n) is 2.50. The first-order valence-corrected chi connectivity index (χ1v) is 6.48. The van der Waals surface area contributed by atoms with E-state index in [4.69, 9.17) is 0 Å². The Morgan fingerprint density at radius 1 is 1.33 bits per heavy atom. The molecule has 1 aliphatic heterocycles. The van der Waals surface area contributed by atoms with Crippen molar-refractivity contribution in [2.75, 3.05) is 13.1 Å². The molecule has 0 amide bonds. The molecule has 18 heavy (non-hydrogen) atoms. The number of ketones is 1. The quantitative estimate of drug-likeness (QED) is 0.886. The predicted octanol–water partition coefficient (Wildman–Crippen LogP) is 1.85. The molecule has 1 aromatic rings. The highest BCUT2D eigenvalue weighted by atomic mass is 16.3. The SMILES string of the molecule is CC(C)(O)C1CN(Cc2ccccc2)CCC1=O. The minimum Gasteiger partial charge on any atom is -0.390 e. The van der Waals surface area contributed by atoms with Gasteiger partial charge in [-0.25, -0.2) is 0 Å². The minimum atomic E-state index is -0.924. The summed E-state index contributed by atoms with van der Waals surface area (Å²) in [6.07, 6.45) is 0.543. The van der Waals surface area contributed by atoms with Crippen molar-refractivity contribution < 1.29 is 9.90 Å². The van der Waals surface area contributed by atoms with Crippen molar-refractivity contribution in [2.24, 2.45) is 5.92 Å². The summed E-state index contributed by atoms with van der Waals surface area (Å²) in [4.78, 5) is 14.1. The number of carbonyl (C=O) groups excluding carboxylic acids is 1. The lowest BCUT2D eigenvalue weighted by Crippen LogP contribution is -2.49. The smallest absolute Gasteiger partial charge is 0.141 e. The maximum atomic E-state index is 11.9. The number of benzene rings is 1. The molecule has 3 heteroatoms. The second-order valence-corrected chi connectivity index (χ2v) is 5.64. The van der Waals surface area contributed by atoms with Crippen LogP contribution in [0.4, 0.5) is 0 Å². The van der Waals surface area contributed by atoms with Crippen molar-refractivity contribution in [3.05, 3.63) is 35.9 Å². The van der Waals surface area contributed by atoms with Crippen LogP contribution < -0.4 is 0 Å². The highest BCUT2D eigenvalue weighted by Gasteiger charge is 2.37. The van der Waals surface area contributed by atoms with Crippen molar-refractivity contribution in [1.82, 2.24) is 4.90 Å². The number of nitrogens with zero attached hydrogens (tertiary/aromatic N) is 1. The number of hydrogen-bond acceptors (Lipinski definition) is 3. The zero-order chi connectivity index (χ0) is 13.2. The number of rotatable bonds is 3. The molecule has 1 saturated heterocycles. The van der Waals surface area contributed by atoms with Crippen LogP contribution >= 0.6 is 0 Å². The number of Topliss-reactive ketones (excluding diaryl/α,β-unsaturated/α-hetero) is 1. The highest BCUT2D eigenvalue weighted by Crippen LogP contribution is 2.25. The molecule has 98 valence electrons. The molecule has 2 rings (SSSR count). The largest absolute Gasteiger partial charge is 0.390 e. The molecule has 0 aliphatic carbocycles. The maximum absolute atomic E-state index is 11.9. The third-order valence-electron chi connectivity index (χ3n) is 3.61. The summed E-state index contributed by atoms with van der Waals surface area (Å²) >= 11 is 0. The minimum absolute atomic E-state index is 0.187. The van der Waals surface area contributed by atoms with E-state index < -0.39 is 5.60 Å². The molecular weight excluding hydrogens is 226 g/mol. The van der Waals surface area contributed by atoms with Gasteiger partial charge in [-0.05, 0) is 19.4 Å². The van der Waals surface area contributed by atoms with Crippen molar-refractivity contribution in [3.63, 3.8) is 0 Å². The molecule has 1 N–H and O–H groups in total. The van der Waals surface area contributed by atoms with Crippen LogP contribution in [0.1, 0.15) is 25.8 Å². The molecule has 1 unspecified atom stereocenters. The summed E-state index contributed by atoms with van der Waals surface area (Å²) < 4.78 is 0. The fourth-order valence-corrected chi connectivity index (χ4v) is 2.50. The lowest BCUT2D eigenvalue weighted by atomic mass is 9.83. The van der Waals surface area contributed by atoms with Crippen LogP contribution in [-0.2, 0) is 11.3 Å². The van der Waals surface area contributed by atoms with Gasteiger partial charge in [-0.15, -0.1) is 0 Å². The Balaban J connectivity index is 2.02. The van der Waals surface area contributed by atoms with Gasteiger partial charge in [-0.2, -0.15) is 0 Å². The Morgan fingerprint density at radius 2 is 2.00 bits per heavy atom. The highest BCUT2D eigenvalue weighted by molar-refractivity contribution is 5.83. The zero-order valence-corrected chi connectivity index (χ0v) is 11.1. The number of carbonyl (C=O) groups is 1. The molecular formula is C15H21NO2. The first-order chi connectivity index (χ1) is 8.47. The third kappa shape index (κ3) is 3.18. The van der Waals surface area contributed by atoms with Gasteiger partial charge in [0.2, 0.25) is 0 Å². The average molecular weight is 247 g/mol. The molecule has 0 saturated carbocycles. The Kier molecular flexibility index (Phi) is 3.83. The summed E-state index contributed by atoms with van der Waals surface area (Å²) in [7, 11) is 0. The molecule has 0 bridgehead atoms. The van der Waals surface area contributed by atoms with E-state index in [1.165, 1.54) is 5.56 Å². The van der Waals surface area contributed by atoms with Gasteiger partial charge >= 0.3 is 0 Å². The maximum Gasteiger partial charge on any atom is 0.141 e. The second kappa shape index (κ2) is 5.21. The van der Waals surface area contributed by atoms with Crippen LogP contribution in [-0.4, -0.2) is 34.5 Å². The molecule has 1 aromatic carbocycles. The molecule has 1 aliphatic rings. The van der Waals surface area contributed by atoms with Crippen molar-refractivity contribution in [3.8, 4) is 0 Å². The topological polar surface area (TPSA) is 40.5 Å². The van der Waals surface area contributed by atoms with Crippen LogP contribution in [0, 0.1) is 5.92 Å². The lowest BCUT2D eigenvalue weighted by molar-refractivity contribution is -0.135. The monoisotopic (exact) mass is 247 g/mol. The van der Waals surface area contributed by atoms with Crippen LogP contribution in [0.3, 0.4) is 0 Å². The van der Waals surface area contributed by atoms with Crippen molar-refractivity contribution in [1.29, 1.82) is 0 Å². The molecule has 0 spiro atoms. The summed E-state index contributed by atoms with van der Waals surface area (Å²) in [5.74, 6) is -0.0817. The first kappa shape index (κ1) is 13.2. The second-order valence-electron chi connectivity index (χ2n) is 5.64. The predicted molar refractivity (Wildman–Crippen MR) is 71.1 cm³/mol. The van der Waals surface area contributed by atoms with Gasteiger partial charge < -0.3 is 5.11 Å². The number of piperidine rings is 1. The van der Waals surface area contributed by atoms with Crippen LogP contribution in [0.5, 0.6) is 0 Å². The molecule has 3 nitrogen and oxygen atoms in total. The fraction of sp³-hybridized carbons (Fsp3) is 0.533. The Morgan fingerprint density at radius 3 is 2.61 bits per heavy atom. The van der Waals surface area contributed by atoms with Crippen LogP contribution in [0.2, 0.25) is 0 Å². The summed E-state index contributed by atoms with van der Waals surface area (Å²) in [5, 5.41) is 10.0. The van der Waals surface area contributed by atoms with Gasteiger partial charge in [0.15, 0.2) is 0 Å². The van der Waals surface area contributed by atoms with Gasteiger partial charge in [-0.3, -0.25) is 9.69 Å². The van der Waals surface area contributed by atoms with E-state index in [9.17, 15) is 9.90 Å². The molecule has 1 atom stereocenters. The van der Waals surface area contributed by atoms with Gasteiger partial charge in [-0.1, -0.05) is 30.3 Å². The standard InChI is InChI=1S/C15H21NO2/c1-15(2,18)13-11-16(9-8-14(13)17)10-12-6-4-3-5-7-12/h3-7,13,18H,8-11H2,1-2H3. The Hall–Kier alpha value is -1.19. The van der Waals surface area contributed by atoms with Crippen LogP contribution in [0.25, 0.3) is 0 Å². The summed E-state index contributed by atoms with van der Waals surface area (Å²) in [5.41, 5.74) is 0.327. The van der Waals surface area contributed by atoms with E-state index in [0.717, 1.165) is 13.1 Å². The van der Waals surface area contributed by atoms with E-state index in [2.05, 4.69) is 17.0 Å². The van der Waals surface area contributed by atoms with E-state index in [0.29, 0.717) is 13.0 Å². The van der Waals surface area contributed by atoms with Gasteiger partial charge in [0, 0.05) is 26.1 Å². The number of hydrogen-bond donors (Lipinski definition) is 1. The van der Waals surface area contributed by atoms with E-state index in [1.54, 1.807) is 13.8 Å². The Labute approximate surface area is 108 Å². The van der Waals surface area contributed by atoms with Crippen molar-refractivity contribution >= 4 is 5.78 Å². The average Bonchev–Trinajstić information content (AvgIpc) is 2.31. The molecule has 1 fully saturated rings. The molecule has 0 radical (unpaired) electrons.